The molecule has 0 aliphatic carbocycles. The number of carboxylic acids is 1. The molecular formula is C8H7Br2N3O4. The first kappa shape index (κ1) is 14.0. The van der Waals surface area contributed by atoms with Gasteiger partial charge in [0.1, 0.15) is 22.4 Å². The van der Waals surface area contributed by atoms with Crippen LogP contribution in [0.5, 0.6) is 0 Å². The molecule has 0 aliphatic heterocycles. The van der Waals surface area contributed by atoms with E-state index in [0.29, 0.717) is 9.21 Å². The average Bonchev–Trinajstić information content (AvgIpc) is 2.21. The number of aromatic nitrogens is 2. The molecule has 1 aromatic rings. The molecule has 1 aromatic heterocycles. The number of carboxylic acid groups (broad SMARTS) is 1. The van der Waals surface area contributed by atoms with Crippen LogP contribution in [-0.4, -0.2) is 40.2 Å². The maximum Gasteiger partial charge on any atom is 0.329 e. The highest BCUT2D eigenvalue weighted by atomic mass is 79.9. The van der Waals surface area contributed by atoms with Crippen molar-refractivity contribution in [1.82, 2.24) is 9.97 Å². The van der Waals surface area contributed by atoms with Crippen molar-refractivity contribution in [2.45, 2.75) is 0 Å². The van der Waals surface area contributed by atoms with Crippen molar-refractivity contribution >= 4 is 49.6 Å². The molecule has 0 fully saturated rings. The standard InChI is InChI=1S/C8H7Br2N3O4/c9-4-1-11-8(7(10)12-4)13-5(14)2-17-3-6(15)16/h1H,2-3H2,(H,15,16)(H,11,13,14). The second-order valence-corrected chi connectivity index (χ2v) is 4.33. The quantitative estimate of drug-likeness (QED) is 0.805. The SMILES string of the molecule is O=C(O)COCC(=O)Nc1ncc(Br)nc1Br. The highest BCUT2D eigenvalue weighted by molar-refractivity contribution is 9.11. The molecule has 17 heavy (non-hydrogen) atoms. The first-order valence-electron chi connectivity index (χ1n) is 4.26. The number of rotatable bonds is 5. The van der Waals surface area contributed by atoms with Crippen molar-refractivity contribution in [3.8, 4) is 0 Å². The van der Waals surface area contributed by atoms with Crippen molar-refractivity contribution in [2.24, 2.45) is 0 Å². The van der Waals surface area contributed by atoms with Crippen molar-refractivity contribution in [2.75, 3.05) is 18.5 Å². The van der Waals surface area contributed by atoms with Gasteiger partial charge >= 0.3 is 5.97 Å². The van der Waals surface area contributed by atoms with Crippen molar-refractivity contribution in [1.29, 1.82) is 0 Å². The minimum absolute atomic E-state index is 0.233. The monoisotopic (exact) mass is 367 g/mol. The number of hydrogen-bond donors (Lipinski definition) is 2. The number of aliphatic carboxylic acids is 1. The lowest BCUT2D eigenvalue weighted by molar-refractivity contribution is -0.143. The van der Waals surface area contributed by atoms with Gasteiger partial charge in [-0.1, -0.05) is 0 Å². The number of nitrogens with one attached hydrogen (secondary N) is 1. The van der Waals surface area contributed by atoms with Crippen LogP contribution in [0.1, 0.15) is 0 Å². The Morgan fingerprint density at radius 3 is 2.71 bits per heavy atom. The minimum Gasteiger partial charge on any atom is -0.480 e. The van der Waals surface area contributed by atoms with Gasteiger partial charge in [-0.3, -0.25) is 4.79 Å². The minimum atomic E-state index is -1.14. The van der Waals surface area contributed by atoms with Crippen LogP contribution in [0.2, 0.25) is 0 Å². The molecule has 0 radical (unpaired) electrons. The van der Waals surface area contributed by atoms with Crippen LogP contribution in [0.3, 0.4) is 0 Å². The summed E-state index contributed by atoms with van der Waals surface area (Å²) in [6.45, 7) is -0.892. The topological polar surface area (TPSA) is 101 Å². The third-order valence-corrected chi connectivity index (χ3v) is 2.35. The number of hydrogen-bond acceptors (Lipinski definition) is 5. The summed E-state index contributed by atoms with van der Waals surface area (Å²) in [6, 6.07) is 0. The highest BCUT2D eigenvalue weighted by Crippen LogP contribution is 2.18. The molecule has 0 atom stereocenters. The molecule has 0 saturated carbocycles. The molecule has 0 aliphatic rings. The normalized spacial score (nSPS) is 10.0. The molecule has 92 valence electrons. The second kappa shape index (κ2) is 6.62. The van der Waals surface area contributed by atoms with E-state index in [-0.39, 0.29) is 12.4 Å². The Labute approximate surface area is 113 Å². The molecule has 1 rings (SSSR count). The number of anilines is 1. The molecule has 1 amide bonds. The number of nitrogens with zero attached hydrogens (tertiary/aromatic N) is 2. The van der Waals surface area contributed by atoms with Gasteiger partial charge in [-0.05, 0) is 31.9 Å². The molecule has 2 N–H and O–H groups in total. The number of carbonyl (C=O) groups is 2. The lowest BCUT2D eigenvalue weighted by Gasteiger charge is -2.05. The van der Waals surface area contributed by atoms with E-state index in [1.165, 1.54) is 6.20 Å². The van der Waals surface area contributed by atoms with Crippen LogP contribution in [0.25, 0.3) is 0 Å². The largest absolute Gasteiger partial charge is 0.480 e. The highest BCUT2D eigenvalue weighted by Gasteiger charge is 2.09. The number of ether oxygens (including phenoxy) is 1. The van der Waals surface area contributed by atoms with Crippen molar-refractivity contribution in [3.05, 3.63) is 15.4 Å². The van der Waals surface area contributed by atoms with Crippen LogP contribution in [-0.2, 0) is 14.3 Å². The Morgan fingerprint density at radius 1 is 1.41 bits per heavy atom. The maximum atomic E-state index is 11.3. The summed E-state index contributed by atoms with van der Waals surface area (Å²) in [5.74, 6) is -1.41. The Hall–Kier alpha value is -1.06. The Balaban J connectivity index is 2.48. The van der Waals surface area contributed by atoms with Crippen molar-refractivity contribution < 1.29 is 19.4 Å². The summed E-state index contributed by atoms with van der Waals surface area (Å²) in [5.41, 5.74) is 0. The molecule has 0 spiro atoms. The molecule has 7 nitrogen and oxygen atoms in total. The molecular weight excluding hydrogens is 362 g/mol. The molecule has 0 bridgehead atoms. The smallest absolute Gasteiger partial charge is 0.329 e. The van der Waals surface area contributed by atoms with Gasteiger partial charge in [0.25, 0.3) is 5.91 Å². The Morgan fingerprint density at radius 2 is 2.12 bits per heavy atom. The second-order valence-electron chi connectivity index (χ2n) is 2.77. The number of amides is 1. The first-order valence-corrected chi connectivity index (χ1v) is 5.85. The van der Waals surface area contributed by atoms with Gasteiger partial charge in [-0.25, -0.2) is 14.8 Å². The summed E-state index contributed by atoms with van der Waals surface area (Å²) >= 11 is 6.23. The van der Waals surface area contributed by atoms with Gasteiger partial charge < -0.3 is 15.2 Å². The van der Waals surface area contributed by atoms with Gasteiger partial charge in [0.05, 0.1) is 6.20 Å². The average molecular weight is 369 g/mol. The van der Waals surface area contributed by atoms with E-state index >= 15 is 0 Å². The predicted molar refractivity (Wildman–Crippen MR) is 64.5 cm³/mol. The predicted octanol–water partition coefficient (Wildman–Crippen LogP) is 1.04. The molecule has 0 aromatic carbocycles. The molecule has 0 saturated heterocycles. The third-order valence-electron chi connectivity index (χ3n) is 1.42. The summed E-state index contributed by atoms with van der Waals surface area (Å²) in [4.78, 5) is 29.3. The van der Waals surface area contributed by atoms with Gasteiger partial charge in [-0.2, -0.15) is 0 Å². The van der Waals surface area contributed by atoms with E-state index in [4.69, 9.17) is 5.11 Å². The first-order chi connectivity index (χ1) is 7.99. The molecule has 0 unspecified atom stereocenters. The fourth-order valence-corrected chi connectivity index (χ4v) is 1.74. The zero-order valence-electron chi connectivity index (χ0n) is 8.31. The van der Waals surface area contributed by atoms with Crippen LogP contribution in [0, 0.1) is 0 Å². The fraction of sp³-hybridized carbons (Fsp3) is 0.250. The molecule has 9 heteroatoms. The third kappa shape index (κ3) is 5.20. The van der Waals surface area contributed by atoms with E-state index < -0.39 is 18.5 Å². The lowest BCUT2D eigenvalue weighted by Crippen LogP contribution is -2.21. The summed E-state index contributed by atoms with van der Waals surface area (Å²) in [6.07, 6.45) is 1.42. The van der Waals surface area contributed by atoms with Gasteiger partial charge in [-0.15, -0.1) is 0 Å². The van der Waals surface area contributed by atoms with E-state index in [2.05, 4.69) is 51.9 Å². The van der Waals surface area contributed by atoms with Crippen LogP contribution in [0.4, 0.5) is 5.82 Å². The van der Waals surface area contributed by atoms with Gasteiger partial charge in [0.15, 0.2) is 5.82 Å². The van der Waals surface area contributed by atoms with Gasteiger partial charge in [0, 0.05) is 0 Å². The van der Waals surface area contributed by atoms with E-state index in [1.54, 1.807) is 0 Å². The number of carbonyl (C=O) groups excluding carboxylic acids is 1. The Kier molecular flexibility index (Phi) is 5.45. The fourth-order valence-electron chi connectivity index (χ4n) is 0.830. The van der Waals surface area contributed by atoms with Crippen LogP contribution >= 0.6 is 31.9 Å². The number of halogens is 2. The zero-order valence-corrected chi connectivity index (χ0v) is 11.5. The van der Waals surface area contributed by atoms with Crippen LogP contribution in [0.15, 0.2) is 15.4 Å². The van der Waals surface area contributed by atoms with E-state index in [1.807, 2.05) is 0 Å². The van der Waals surface area contributed by atoms with Crippen molar-refractivity contribution in [3.63, 3.8) is 0 Å². The summed E-state index contributed by atoms with van der Waals surface area (Å²) < 4.78 is 5.49. The molecule has 1 heterocycles. The van der Waals surface area contributed by atoms with E-state index in [9.17, 15) is 9.59 Å². The maximum absolute atomic E-state index is 11.3. The van der Waals surface area contributed by atoms with Crippen LogP contribution < -0.4 is 5.32 Å². The zero-order chi connectivity index (χ0) is 12.8. The summed E-state index contributed by atoms with van der Waals surface area (Å²) in [7, 11) is 0. The van der Waals surface area contributed by atoms with E-state index in [0.717, 1.165) is 0 Å². The van der Waals surface area contributed by atoms with Gasteiger partial charge in [0.2, 0.25) is 0 Å². The lowest BCUT2D eigenvalue weighted by atomic mass is 10.5. The summed E-state index contributed by atoms with van der Waals surface area (Å²) in [5, 5.41) is 10.7. The Bertz CT molecular complexity index is 441.